The molecule has 0 spiro atoms. The maximum Gasteiger partial charge on any atom is 0.231 e. The summed E-state index contributed by atoms with van der Waals surface area (Å²) in [5, 5.41) is 15.0. The van der Waals surface area contributed by atoms with Crippen LogP contribution in [0.2, 0.25) is 5.02 Å². The number of hydrogen-bond donors (Lipinski definition) is 3. The molecule has 0 radical (unpaired) electrons. The van der Waals surface area contributed by atoms with E-state index in [1.165, 1.54) is 0 Å². The number of hydrogen-bond acceptors (Lipinski definition) is 3. The van der Waals surface area contributed by atoms with E-state index in [4.69, 9.17) is 22.5 Å². The van der Waals surface area contributed by atoms with E-state index in [1.54, 1.807) is 12.1 Å². The Morgan fingerprint density at radius 2 is 2.11 bits per heavy atom. The normalized spacial score (nSPS) is 13.1. The van der Waals surface area contributed by atoms with Crippen LogP contribution in [0.3, 0.4) is 0 Å². The van der Waals surface area contributed by atoms with E-state index in [2.05, 4.69) is 10.5 Å². The number of nitrogens with zero attached hydrogens (tertiary/aromatic N) is 1. The van der Waals surface area contributed by atoms with Crippen molar-refractivity contribution < 1.29 is 10.0 Å². The van der Waals surface area contributed by atoms with E-state index in [1.807, 2.05) is 19.1 Å². The Morgan fingerprint density at radius 3 is 2.63 bits per heavy atom. The van der Waals surface area contributed by atoms with Gasteiger partial charge in [0.05, 0.1) is 5.92 Å². The lowest BCUT2D eigenvalue weighted by molar-refractivity contribution is -0.123. The van der Waals surface area contributed by atoms with Crippen molar-refractivity contribution in [2.24, 2.45) is 16.8 Å². The summed E-state index contributed by atoms with van der Waals surface area (Å²) in [6.07, 6.45) is 1.32. The topological polar surface area (TPSA) is 87.7 Å². The average molecular weight is 284 g/mol. The summed E-state index contributed by atoms with van der Waals surface area (Å²) in [5.41, 5.74) is 6.45. The molecule has 4 N–H and O–H groups in total. The third kappa shape index (κ3) is 4.79. The molecule has 1 rings (SSSR count). The molecule has 0 heterocycles. The van der Waals surface area contributed by atoms with Crippen LogP contribution < -0.4 is 11.1 Å². The second-order valence-corrected chi connectivity index (χ2v) is 4.65. The molecule has 1 unspecified atom stereocenters. The number of nitrogens with two attached hydrogens (primary N) is 1. The van der Waals surface area contributed by atoms with Crippen molar-refractivity contribution in [2.75, 3.05) is 0 Å². The van der Waals surface area contributed by atoms with Gasteiger partial charge >= 0.3 is 0 Å². The van der Waals surface area contributed by atoms with Gasteiger partial charge in [-0.25, -0.2) is 0 Å². The zero-order valence-electron chi connectivity index (χ0n) is 10.8. The first-order valence-corrected chi connectivity index (χ1v) is 6.45. The molecule has 0 saturated carbocycles. The van der Waals surface area contributed by atoms with E-state index in [0.717, 1.165) is 12.0 Å². The van der Waals surface area contributed by atoms with Gasteiger partial charge in [-0.15, -0.1) is 0 Å². The summed E-state index contributed by atoms with van der Waals surface area (Å²) in [7, 11) is 0. The highest BCUT2D eigenvalue weighted by atomic mass is 35.5. The van der Waals surface area contributed by atoms with Crippen LogP contribution in [0.25, 0.3) is 0 Å². The smallest absolute Gasteiger partial charge is 0.231 e. The zero-order valence-corrected chi connectivity index (χ0v) is 11.5. The summed E-state index contributed by atoms with van der Waals surface area (Å²) in [6.45, 7) is 2.32. The molecule has 1 atom stereocenters. The lowest BCUT2D eigenvalue weighted by Gasteiger charge is -2.14. The third-order valence-corrected chi connectivity index (χ3v) is 3.00. The number of rotatable bonds is 6. The van der Waals surface area contributed by atoms with Gasteiger partial charge in [-0.3, -0.25) is 4.79 Å². The van der Waals surface area contributed by atoms with Crippen molar-refractivity contribution >= 4 is 23.3 Å². The Morgan fingerprint density at radius 1 is 1.47 bits per heavy atom. The second kappa shape index (κ2) is 7.63. The minimum atomic E-state index is -0.595. The molecule has 0 aliphatic heterocycles. The minimum Gasteiger partial charge on any atom is -0.409 e. The van der Waals surface area contributed by atoms with Crippen LogP contribution in [0.1, 0.15) is 25.3 Å². The van der Waals surface area contributed by atoms with Gasteiger partial charge in [-0.05, 0) is 24.1 Å². The molecule has 1 amide bonds. The Labute approximate surface area is 117 Å². The van der Waals surface area contributed by atoms with Crippen molar-refractivity contribution in [2.45, 2.75) is 26.3 Å². The van der Waals surface area contributed by atoms with Crippen LogP contribution in [-0.2, 0) is 11.3 Å². The zero-order chi connectivity index (χ0) is 14.3. The van der Waals surface area contributed by atoms with Gasteiger partial charge in [-0.2, -0.15) is 0 Å². The van der Waals surface area contributed by atoms with Gasteiger partial charge in [0.15, 0.2) is 5.84 Å². The molecule has 6 heteroatoms. The summed E-state index contributed by atoms with van der Waals surface area (Å²) in [4.78, 5) is 12.0. The molecule has 0 saturated heterocycles. The predicted octanol–water partition coefficient (Wildman–Crippen LogP) is 2.12. The fourth-order valence-electron chi connectivity index (χ4n) is 1.69. The largest absolute Gasteiger partial charge is 0.409 e. The van der Waals surface area contributed by atoms with Crippen LogP contribution in [0, 0.1) is 5.92 Å². The van der Waals surface area contributed by atoms with Gasteiger partial charge in [0, 0.05) is 11.6 Å². The number of halogens is 1. The lowest BCUT2D eigenvalue weighted by Crippen LogP contribution is -2.38. The molecule has 0 bridgehead atoms. The standard InChI is InChI=1S/C13H18ClN3O2/c1-2-3-11(12(15)17-19)13(18)16-8-9-4-6-10(14)7-5-9/h4-7,11,19H,2-3,8H2,1H3,(H2,15,17)(H,16,18). The second-order valence-electron chi connectivity index (χ2n) is 4.21. The van der Waals surface area contributed by atoms with Gasteiger partial charge in [0.2, 0.25) is 5.91 Å². The van der Waals surface area contributed by atoms with Crippen molar-refractivity contribution in [3.63, 3.8) is 0 Å². The molecule has 19 heavy (non-hydrogen) atoms. The first kappa shape index (κ1) is 15.3. The number of nitrogens with one attached hydrogen (secondary N) is 1. The first-order valence-electron chi connectivity index (χ1n) is 6.08. The van der Waals surface area contributed by atoms with E-state index < -0.39 is 5.92 Å². The summed E-state index contributed by atoms with van der Waals surface area (Å²) in [6, 6.07) is 7.19. The van der Waals surface area contributed by atoms with E-state index in [0.29, 0.717) is 18.0 Å². The number of amidine groups is 1. The van der Waals surface area contributed by atoms with E-state index in [-0.39, 0.29) is 11.7 Å². The van der Waals surface area contributed by atoms with E-state index >= 15 is 0 Å². The molecule has 0 aliphatic rings. The predicted molar refractivity (Wildman–Crippen MR) is 75.1 cm³/mol. The highest BCUT2D eigenvalue weighted by molar-refractivity contribution is 6.30. The number of carbonyl (C=O) groups is 1. The number of amides is 1. The third-order valence-electron chi connectivity index (χ3n) is 2.75. The number of carbonyl (C=O) groups excluding carboxylic acids is 1. The highest BCUT2D eigenvalue weighted by Crippen LogP contribution is 2.10. The molecule has 0 aromatic heterocycles. The Balaban J connectivity index is 2.59. The van der Waals surface area contributed by atoms with Gasteiger partial charge < -0.3 is 16.3 Å². The Hall–Kier alpha value is -1.75. The first-order chi connectivity index (χ1) is 9.08. The van der Waals surface area contributed by atoms with Crippen molar-refractivity contribution in [3.8, 4) is 0 Å². The van der Waals surface area contributed by atoms with Gasteiger partial charge in [0.25, 0.3) is 0 Å². The molecule has 1 aromatic carbocycles. The minimum absolute atomic E-state index is 0.0598. The van der Waals surface area contributed by atoms with Crippen LogP contribution in [0.5, 0.6) is 0 Å². The summed E-state index contributed by atoms with van der Waals surface area (Å²) >= 11 is 5.78. The van der Waals surface area contributed by atoms with Crippen molar-refractivity contribution in [1.82, 2.24) is 5.32 Å². The van der Waals surface area contributed by atoms with Crippen LogP contribution in [-0.4, -0.2) is 17.0 Å². The molecule has 0 aliphatic carbocycles. The monoisotopic (exact) mass is 283 g/mol. The molecule has 5 nitrogen and oxygen atoms in total. The Kier molecular flexibility index (Phi) is 6.15. The molecule has 1 aromatic rings. The molecular weight excluding hydrogens is 266 g/mol. The maximum atomic E-state index is 12.0. The number of benzene rings is 1. The fourth-order valence-corrected chi connectivity index (χ4v) is 1.81. The highest BCUT2D eigenvalue weighted by Gasteiger charge is 2.21. The molecule has 0 fully saturated rings. The van der Waals surface area contributed by atoms with E-state index in [9.17, 15) is 4.79 Å². The van der Waals surface area contributed by atoms with Crippen LogP contribution in [0.15, 0.2) is 29.4 Å². The Bertz CT molecular complexity index is 446. The van der Waals surface area contributed by atoms with Crippen LogP contribution >= 0.6 is 11.6 Å². The van der Waals surface area contributed by atoms with Crippen LogP contribution in [0.4, 0.5) is 0 Å². The molecular formula is C13H18ClN3O2. The molecule has 104 valence electrons. The fraction of sp³-hybridized carbons (Fsp3) is 0.385. The SMILES string of the molecule is CCCC(C(=O)NCc1ccc(Cl)cc1)C(N)=NO. The lowest BCUT2D eigenvalue weighted by atomic mass is 10.0. The maximum absolute atomic E-state index is 12.0. The van der Waals surface area contributed by atoms with Crippen molar-refractivity contribution in [3.05, 3.63) is 34.9 Å². The quantitative estimate of drug-likeness (QED) is 0.323. The van der Waals surface area contributed by atoms with Gasteiger partial charge in [0.1, 0.15) is 0 Å². The number of oxime groups is 1. The summed E-state index contributed by atoms with van der Waals surface area (Å²) < 4.78 is 0. The van der Waals surface area contributed by atoms with Gasteiger partial charge in [-0.1, -0.05) is 42.2 Å². The van der Waals surface area contributed by atoms with Crippen molar-refractivity contribution in [1.29, 1.82) is 0 Å². The summed E-state index contributed by atoms with van der Waals surface area (Å²) in [5.74, 6) is -0.898. The average Bonchev–Trinajstić information content (AvgIpc) is 2.43.